The van der Waals surface area contributed by atoms with Crippen LogP contribution < -0.4 is 5.32 Å². The van der Waals surface area contributed by atoms with Gasteiger partial charge < -0.3 is 10.4 Å². The number of nitrogens with zero attached hydrogens (tertiary/aromatic N) is 2. The SMILES string of the molecule is CC(NCC(O)CN1CCc2ccccc2C1)c1ccc(C#N)cc1. The van der Waals surface area contributed by atoms with Crippen molar-refractivity contribution in [3.8, 4) is 6.07 Å². The molecule has 2 unspecified atom stereocenters. The van der Waals surface area contributed by atoms with Crippen LogP contribution in [0.4, 0.5) is 0 Å². The molecule has 0 radical (unpaired) electrons. The van der Waals surface area contributed by atoms with Crippen LogP contribution in [-0.4, -0.2) is 35.7 Å². The average molecular weight is 335 g/mol. The van der Waals surface area contributed by atoms with E-state index in [9.17, 15) is 5.11 Å². The van der Waals surface area contributed by atoms with E-state index in [2.05, 4.69) is 47.5 Å². The van der Waals surface area contributed by atoms with E-state index in [4.69, 9.17) is 5.26 Å². The summed E-state index contributed by atoms with van der Waals surface area (Å²) in [5, 5.41) is 22.6. The van der Waals surface area contributed by atoms with Crippen molar-refractivity contribution in [2.24, 2.45) is 0 Å². The van der Waals surface area contributed by atoms with Gasteiger partial charge in [-0.25, -0.2) is 0 Å². The molecule has 2 aromatic carbocycles. The maximum absolute atomic E-state index is 10.4. The third kappa shape index (κ3) is 4.67. The Hall–Kier alpha value is -2.19. The largest absolute Gasteiger partial charge is 0.390 e. The molecule has 0 saturated carbocycles. The topological polar surface area (TPSA) is 59.3 Å². The van der Waals surface area contributed by atoms with E-state index in [1.165, 1.54) is 11.1 Å². The van der Waals surface area contributed by atoms with Gasteiger partial charge in [-0.2, -0.15) is 5.26 Å². The van der Waals surface area contributed by atoms with Crippen molar-refractivity contribution in [1.82, 2.24) is 10.2 Å². The van der Waals surface area contributed by atoms with Gasteiger partial charge in [0.2, 0.25) is 0 Å². The third-order valence-corrected chi connectivity index (χ3v) is 4.88. The summed E-state index contributed by atoms with van der Waals surface area (Å²) in [5.74, 6) is 0. The summed E-state index contributed by atoms with van der Waals surface area (Å²) in [6.07, 6.45) is 0.656. The van der Waals surface area contributed by atoms with Gasteiger partial charge in [-0.05, 0) is 42.2 Å². The van der Waals surface area contributed by atoms with Gasteiger partial charge in [0.15, 0.2) is 0 Å². The quantitative estimate of drug-likeness (QED) is 0.852. The second-order valence-electron chi connectivity index (χ2n) is 6.77. The number of hydrogen-bond donors (Lipinski definition) is 2. The van der Waals surface area contributed by atoms with E-state index < -0.39 is 6.10 Å². The number of aliphatic hydroxyl groups is 1. The van der Waals surface area contributed by atoms with Crippen LogP contribution in [0.3, 0.4) is 0 Å². The molecule has 4 heteroatoms. The van der Waals surface area contributed by atoms with Crippen LogP contribution in [0, 0.1) is 11.3 Å². The van der Waals surface area contributed by atoms with Crippen molar-refractivity contribution in [1.29, 1.82) is 5.26 Å². The van der Waals surface area contributed by atoms with Crippen LogP contribution in [0.5, 0.6) is 0 Å². The van der Waals surface area contributed by atoms with Crippen LogP contribution in [0.15, 0.2) is 48.5 Å². The highest BCUT2D eigenvalue weighted by atomic mass is 16.3. The smallest absolute Gasteiger partial charge is 0.0991 e. The van der Waals surface area contributed by atoms with Gasteiger partial charge in [-0.3, -0.25) is 4.90 Å². The van der Waals surface area contributed by atoms with Crippen molar-refractivity contribution in [3.63, 3.8) is 0 Å². The number of rotatable bonds is 6. The highest BCUT2D eigenvalue weighted by molar-refractivity contribution is 5.32. The molecule has 1 aliphatic heterocycles. The highest BCUT2D eigenvalue weighted by Crippen LogP contribution is 2.18. The van der Waals surface area contributed by atoms with E-state index in [1.54, 1.807) is 0 Å². The fourth-order valence-corrected chi connectivity index (χ4v) is 3.35. The highest BCUT2D eigenvalue weighted by Gasteiger charge is 2.18. The summed E-state index contributed by atoms with van der Waals surface area (Å²) in [4.78, 5) is 2.32. The Kier molecular flexibility index (Phi) is 5.83. The number of benzene rings is 2. The van der Waals surface area contributed by atoms with E-state index in [0.717, 1.165) is 25.1 Å². The van der Waals surface area contributed by atoms with E-state index in [-0.39, 0.29) is 6.04 Å². The number of nitrogens with one attached hydrogen (secondary N) is 1. The lowest BCUT2D eigenvalue weighted by atomic mass is 10.00. The predicted octanol–water partition coefficient (Wildman–Crippen LogP) is 2.63. The predicted molar refractivity (Wildman–Crippen MR) is 99.0 cm³/mol. The number of β-amino-alcohol motifs (C(OH)–C–C–N with tert-alkyl or cyclic N) is 1. The molecule has 0 saturated heterocycles. The van der Waals surface area contributed by atoms with Gasteiger partial charge in [-0.15, -0.1) is 0 Å². The first kappa shape index (κ1) is 17.6. The minimum Gasteiger partial charge on any atom is -0.390 e. The Morgan fingerprint density at radius 2 is 1.88 bits per heavy atom. The van der Waals surface area contributed by atoms with E-state index in [0.29, 0.717) is 18.7 Å². The molecule has 0 aromatic heterocycles. The molecule has 0 aliphatic carbocycles. The van der Waals surface area contributed by atoms with Gasteiger partial charge in [0.05, 0.1) is 17.7 Å². The van der Waals surface area contributed by atoms with Gasteiger partial charge in [0.25, 0.3) is 0 Å². The molecule has 3 rings (SSSR count). The van der Waals surface area contributed by atoms with Crippen LogP contribution in [-0.2, 0) is 13.0 Å². The average Bonchev–Trinajstić information content (AvgIpc) is 2.66. The Morgan fingerprint density at radius 1 is 1.16 bits per heavy atom. The Labute approximate surface area is 149 Å². The standard InChI is InChI=1S/C21H25N3O/c1-16(18-8-6-17(12-22)7-9-18)23-13-21(25)15-24-11-10-19-4-2-3-5-20(19)14-24/h2-9,16,21,23,25H,10-11,13-15H2,1H3. The zero-order valence-corrected chi connectivity index (χ0v) is 14.7. The first-order chi connectivity index (χ1) is 12.2. The normalized spacial score (nSPS) is 16.7. The molecule has 1 aliphatic rings. The van der Waals surface area contributed by atoms with Crippen LogP contribution in [0.25, 0.3) is 0 Å². The lowest BCUT2D eigenvalue weighted by Crippen LogP contribution is -2.41. The molecule has 25 heavy (non-hydrogen) atoms. The molecule has 2 atom stereocenters. The molecular weight excluding hydrogens is 310 g/mol. The summed E-state index contributed by atoms with van der Waals surface area (Å²) in [5.41, 5.74) is 4.60. The molecule has 0 spiro atoms. The fourth-order valence-electron chi connectivity index (χ4n) is 3.35. The van der Waals surface area contributed by atoms with Crippen molar-refractivity contribution in [3.05, 3.63) is 70.8 Å². The summed E-state index contributed by atoms with van der Waals surface area (Å²) in [6.45, 7) is 5.23. The number of aliphatic hydroxyl groups excluding tert-OH is 1. The first-order valence-electron chi connectivity index (χ1n) is 8.86. The number of fused-ring (bicyclic) bond motifs is 1. The van der Waals surface area contributed by atoms with E-state index in [1.807, 2.05) is 24.3 Å². The second kappa shape index (κ2) is 8.26. The maximum Gasteiger partial charge on any atom is 0.0991 e. The van der Waals surface area contributed by atoms with Crippen LogP contribution in [0.2, 0.25) is 0 Å². The minimum absolute atomic E-state index is 0.143. The molecule has 4 nitrogen and oxygen atoms in total. The summed E-state index contributed by atoms with van der Waals surface area (Å²) < 4.78 is 0. The number of hydrogen-bond acceptors (Lipinski definition) is 4. The fraction of sp³-hybridized carbons (Fsp3) is 0.381. The Morgan fingerprint density at radius 3 is 2.60 bits per heavy atom. The minimum atomic E-state index is -0.397. The molecule has 0 bridgehead atoms. The Balaban J connectivity index is 1.46. The molecular formula is C21H25N3O. The third-order valence-electron chi connectivity index (χ3n) is 4.88. The zero-order chi connectivity index (χ0) is 17.6. The lowest BCUT2D eigenvalue weighted by molar-refractivity contribution is 0.102. The van der Waals surface area contributed by atoms with Gasteiger partial charge in [0, 0.05) is 32.2 Å². The molecule has 2 N–H and O–H groups in total. The van der Waals surface area contributed by atoms with Gasteiger partial charge in [0.1, 0.15) is 0 Å². The summed E-state index contributed by atoms with van der Waals surface area (Å²) >= 11 is 0. The van der Waals surface area contributed by atoms with Gasteiger partial charge >= 0.3 is 0 Å². The van der Waals surface area contributed by atoms with Crippen LogP contribution >= 0.6 is 0 Å². The van der Waals surface area contributed by atoms with E-state index >= 15 is 0 Å². The monoisotopic (exact) mass is 335 g/mol. The second-order valence-corrected chi connectivity index (χ2v) is 6.77. The maximum atomic E-state index is 10.4. The number of nitriles is 1. The van der Waals surface area contributed by atoms with Crippen LogP contribution in [0.1, 0.15) is 35.2 Å². The summed E-state index contributed by atoms with van der Waals surface area (Å²) in [6, 6.07) is 18.4. The Bertz CT molecular complexity index is 736. The molecule has 0 amide bonds. The van der Waals surface area contributed by atoms with Crippen molar-refractivity contribution in [2.75, 3.05) is 19.6 Å². The lowest BCUT2D eigenvalue weighted by Gasteiger charge is -2.30. The molecule has 0 fully saturated rings. The van der Waals surface area contributed by atoms with Crippen molar-refractivity contribution >= 4 is 0 Å². The molecule has 130 valence electrons. The van der Waals surface area contributed by atoms with Gasteiger partial charge in [-0.1, -0.05) is 36.4 Å². The molecule has 2 aromatic rings. The van der Waals surface area contributed by atoms with Crippen molar-refractivity contribution in [2.45, 2.75) is 32.0 Å². The molecule has 1 heterocycles. The first-order valence-corrected chi connectivity index (χ1v) is 8.86. The zero-order valence-electron chi connectivity index (χ0n) is 14.7. The van der Waals surface area contributed by atoms with Crippen molar-refractivity contribution < 1.29 is 5.11 Å². The summed E-state index contributed by atoms with van der Waals surface area (Å²) in [7, 11) is 0.